The van der Waals surface area contributed by atoms with Crippen LogP contribution < -0.4 is 15.4 Å². The average molecular weight is 324 g/mol. The molecule has 1 aliphatic rings. The van der Waals surface area contributed by atoms with Crippen LogP contribution in [0.25, 0.3) is 10.1 Å². The van der Waals surface area contributed by atoms with Gasteiger partial charge in [0, 0.05) is 21.2 Å². The first-order valence-corrected chi connectivity index (χ1v) is 7.93. The molecule has 0 bridgehead atoms. The quantitative estimate of drug-likeness (QED) is 0.758. The molecular weight excluding hydrogens is 312 g/mol. The van der Waals surface area contributed by atoms with Gasteiger partial charge in [-0.3, -0.25) is 9.59 Å². The molecule has 0 atom stereocenters. The van der Waals surface area contributed by atoms with Crippen molar-refractivity contribution in [3.05, 3.63) is 53.4 Å². The Bertz CT molecular complexity index is 932. The number of amides is 2. The molecule has 6 heteroatoms. The molecule has 2 aromatic carbocycles. The van der Waals surface area contributed by atoms with E-state index in [1.807, 2.05) is 29.6 Å². The van der Waals surface area contributed by atoms with Gasteiger partial charge in [0.25, 0.3) is 11.8 Å². The fraction of sp³-hybridized carbons (Fsp3) is 0.0588. The lowest BCUT2D eigenvalue weighted by molar-refractivity contribution is -0.118. The van der Waals surface area contributed by atoms with Crippen LogP contribution in [0.3, 0.4) is 0 Å². The summed E-state index contributed by atoms with van der Waals surface area (Å²) in [6.07, 6.45) is 0. The summed E-state index contributed by atoms with van der Waals surface area (Å²) in [7, 11) is 0. The summed E-state index contributed by atoms with van der Waals surface area (Å²) in [6, 6.07) is 13.0. The van der Waals surface area contributed by atoms with E-state index < -0.39 is 0 Å². The van der Waals surface area contributed by atoms with Gasteiger partial charge < -0.3 is 15.4 Å². The maximum absolute atomic E-state index is 12.5. The van der Waals surface area contributed by atoms with Crippen molar-refractivity contribution in [3.63, 3.8) is 0 Å². The molecule has 0 aliphatic carbocycles. The second kappa shape index (κ2) is 5.40. The number of hydrogen-bond donors (Lipinski definition) is 2. The first-order chi connectivity index (χ1) is 11.2. The Labute approximate surface area is 135 Å². The van der Waals surface area contributed by atoms with Crippen LogP contribution in [0.1, 0.15) is 10.4 Å². The minimum Gasteiger partial charge on any atom is -0.482 e. The Morgan fingerprint density at radius 3 is 3.00 bits per heavy atom. The molecule has 5 nitrogen and oxygen atoms in total. The van der Waals surface area contributed by atoms with Crippen LogP contribution in [0.4, 0.5) is 11.4 Å². The summed E-state index contributed by atoms with van der Waals surface area (Å²) in [4.78, 5) is 23.9. The number of benzene rings is 2. The van der Waals surface area contributed by atoms with Gasteiger partial charge in [0.1, 0.15) is 5.75 Å². The highest BCUT2D eigenvalue weighted by Gasteiger charge is 2.17. The number of fused-ring (bicyclic) bond motifs is 2. The molecule has 4 rings (SSSR count). The Kier molecular flexibility index (Phi) is 3.24. The third kappa shape index (κ3) is 2.53. The van der Waals surface area contributed by atoms with E-state index in [0.29, 0.717) is 22.7 Å². The van der Waals surface area contributed by atoms with E-state index >= 15 is 0 Å². The van der Waals surface area contributed by atoms with Crippen LogP contribution in [0.15, 0.2) is 47.8 Å². The van der Waals surface area contributed by atoms with Gasteiger partial charge >= 0.3 is 0 Å². The third-order valence-electron chi connectivity index (χ3n) is 3.60. The summed E-state index contributed by atoms with van der Waals surface area (Å²) >= 11 is 1.54. The number of carbonyl (C=O) groups is 2. The molecule has 0 saturated heterocycles. The van der Waals surface area contributed by atoms with E-state index in [1.54, 1.807) is 18.2 Å². The topological polar surface area (TPSA) is 67.4 Å². The van der Waals surface area contributed by atoms with Gasteiger partial charge in [-0.1, -0.05) is 18.2 Å². The smallest absolute Gasteiger partial charge is 0.262 e. The van der Waals surface area contributed by atoms with Crippen molar-refractivity contribution < 1.29 is 14.3 Å². The maximum atomic E-state index is 12.5. The monoisotopic (exact) mass is 324 g/mol. The van der Waals surface area contributed by atoms with E-state index in [2.05, 4.69) is 10.6 Å². The van der Waals surface area contributed by atoms with Crippen LogP contribution in [0, 0.1) is 0 Å². The normalized spacial score (nSPS) is 13.1. The molecule has 0 fully saturated rings. The molecule has 1 aromatic heterocycles. The van der Waals surface area contributed by atoms with Crippen molar-refractivity contribution in [2.75, 3.05) is 17.2 Å². The highest BCUT2D eigenvalue weighted by atomic mass is 32.1. The number of rotatable bonds is 2. The van der Waals surface area contributed by atoms with Gasteiger partial charge in [-0.2, -0.15) is 0 Å². The largest absolute Gasteiger partial charge is 0.482 e. The predicted octanol–water partition coefficient (Wildman–Crippen LogP) is 3.48. The zero-order valence-electron chi connectivity index (χ0n) is 12.0. The zero-order valence-corrected chi connectivity index (χ0v) is 12.8. The highest BCUT2D eigenvalue weighted by molar-refractivity contribution is 7.17. The van der Waals surface area contributed by atoms with Crippen LogP contribution in [0.2, 0.25) is 0 Å². The van der Waals surface area contributed by atoms with E-state index in [9.17, 15) is 9.59 Å². The van der Waals surface area contributed by atoms with E-state index in [4.69, 9.17) is 4.74 Å². The van der Waals surface area contributed by atoms with Crippen molar-refractivity contribution in [2.24, 2.45) is 0 Å². The van der Waals surface area contributed by atoms with E-state index in [1.165, 1.54) is 11.3 Å². The molecule has 114 valence electrons. The van der Waals surface area contributed by atoms with Gasteiger partial charge in [0.2, 0.25) is 0 Å². The number of anilines is 2. The van der Waals surface area contributed by atoms with Crippen molar-refractivity contribution in [1.29, 1.82) is 0 Å². The molecular formula is C17H12N2O3S. The Balaban J connectivity index is 1.62. The summed E-state index contributed by atoms with van der Waals surface area (Å²) in [5, 5.41) is 8.37. The van der Waals surface area contributed by atoms with Crippen LogP contribution >= 0.6 is 11.3 Å². The number of ether oxygens (including phenoxy) is 1. The minimum atomic E-state index is -0.204. The SMILES string of the molecule is O=C1COc2ccc(NC(=O)c3csc4ccccc34)cc2N1. The second-order valence-corrected chi connectivity index (χ2v) is 6.06. The average Bonchev–Trinajstić information content (AvgIpc) is 2.98. The van der Waals surface area contributed by atoms with Crippen molar-refractivity contribution in [2.45, 2.75) is 0 Å². The fourth-order valence-corrected chi connectivity index (χ4v) is 3.45. The lowest BCUT2D eigenvalue weighted by Gasteiger charge is -2.18. The molecule has 3 aromatic rings. The van der Waals surface area contributed by atoms with Gasteiger partial charge in [0.15, 0.2) is 6.61 Å². The van der Waals surface area contributed by atoms with Crippen LogP contribution in [-0.2, 0) is 4.79 Å². The molecule has 2 amide bonds. The molecule has 0 unspecified atom stereocenters. The van der Waals surface area contributed by atoms with Crippen LogP contribution in [-0.4, -0.2) is 18.4 Å². The number of hydrogen-bond acceptors (Lipinski definition) is 4. The first kappa shape index (κ1) is 13.8. The lowest BCUT2D eigenvalue weighted by atomic mass is 10.1. The molecule has 1 aliphatic heterocycles. The predicted molar refractivity (Wildman–Crippen MR) is 90.3 cm³/mol. The Hall–Kier alpha value is -2.86. The first-order valence-electron chi connectivity index (χ1n) is 7.05. The molecule has 0 radical (unpaired) electrons. The van der Waals surface area contributed by atoms with Crippen molar-refractivity contribution >= 4 is 44.6 Å². The van der Waals surface area contributed by atoms with Crippen molar-refractivity contribution in [3.8, 4) is 5.75 Å². The fourth-order valence-electron chi connectivity index (χ4n) is 2.51. The van der Waals surface area contributed by atoms with Crippen molar-refractivity contribution in [1.82, 2.24) is 0 Å². The molecule has 0 spiro atoms. The Morgan fingerprint density at radius 2 is 2.09 bits per heavy atom. The van der Waals surface area contributed by atoms with E-state index in [0.717, 1.165) is 10.1 Å². The lowest BCUT2D eigenvalue weighted by Crippen LogP contribution is -2.25. The molecule has 2 N–H and O–H groups in total. The summed E-state index contributed by atoms with van der Waals surface area (Å²) < 4.78 is 6.38. The zero-order chi connectivity index (χ0) is 15.8. The van der Waals surface area contributed by atoms with Crippen LogP contribution in [0.5, 0.6) is 5.75 Å². The molecule has 23 heavy (non-hydrogen) atoms. The van der Waals surface area contributed by atoms with Gasteiger partial charge in [-0.05, 0) is 24.3 Å². The van der Waals surface area contributed by atoms with E-state index in [-0.39, 0.29) is 18.4 Å². The maximum Gasteiger partial charge on any atom is 0.262 e. The minimum absolute atomic E-state index is 0.0135. The molecule has 0 saturated carbocycles. The van der Waals surface area contributed by atoms with Gasteiger partial charge in [-0.25, -0.2) is 0 Å². The third-order valence-corrected chi connectivity index (χ3v) is 4.56. The number of carbonyl (C=O) groups excluding carboxylic acids is 2. The highest BCUT2D eigenvalue weighted by Crippen LogP contribution is 2.31. The Morgan fingerprint density at radius 1 is 1.22 bits per heavy atom. The van der Waals surface area contributed by atoms with Gasteiger partial charge in [0.05, 0.1) is 11.3 Å². The molecule has 2 heterocycles. The standard InChI is InChI=1S/C17H12N2O3S/c20-16-8-22-14-6-5-10(7-13(14)19-16)18-17(21)12-9-23-15-4-2-1-3-11(12)15/h1-7,9H,8H2,(H,18,21)(H,19,20). The second-order valence-electron chi connectivity index (χ2n) is 5.15. The number of thiophene rings is 1. The summed E-state index contributed by atoms with van der Waals surface area (Å²) in [6.45, 7) is 0.0135. The summed E-state index contributed by atoms with van der Waals surface area (Å²) in [5.41, 5.74) is 1.81. The van der Waals surface area contributed by atoms with Gasteiger partial charge in [-0.15, -0.1) is 11.3 Å². The number of nitrogens with one attached hydrogen (secondary N) is 2. The summed E-state index contributed by atoms with van der Waals surface area (Å²) in [5.74, 6) is 0.221.